The van der Waals surface area contributed by atoms with Crippen molar-refractivity contribution in [3.8, 4) is 6.01 Å². The van der Waals surface area contributed by atoms with E-state index in [1.807, 2.05) is 12.1 Å². The summed E-state index contributed by atoms with van der Waals surface area (Å²) in [5.74, 6) is 1.07. The van der Waals surface area contributed by atoms with E-state index in [0.29, 0.717) is 18.1 Å². The maximum absolute atomic E-state index is 6.60. The smallest absolute Gasteiger partial charge is 0.318 e. The molecule has 2 bridgehead atoms. The second kappa shape index (κ2) is 7.53. The molecule has 6 rings (SSSR count). The average molecular weight is 436 g/mol. The van der Waals surface area contributed by atoms with Gasteiger partial charge in [-0.15, -0.1) is 0 Å². The van der Waals surface area contributed by atoms with E-state index in [9.17, 15) is 0 Å². The number of nitrogens with zero attached hydrogens (tertiary/aromatic N) is 4. The van der Waals surface area contributed by atoms with Crippen LogP contribution in [0.5, 0.6) is 6.01 Å². The van der Waals surface area contributed by atoms with Gasteiger partial charge in [-0.3, -0.25) is 0 Å². The molecule has 3 aliphatic rings. The molecule has 31 heavy (non-hydrogen) atoms. The van der Waals surface area contributed by atoms with Gasteiger partial charge in [-0.2, -0.15) is 9.97 Å². The Kier molecular flexibility index (Phi) is 4.65. The lowest BCUT2D eigenvalue weighted by molar-refractivity contribution is 0.374. The average Bonchev–Trinajstić information content (AvgIpc) is 3.15. The van der Waals surface area contributed by atoms with Crippen LogP contribution in [-0.2, 0) is 13.0 Å². The van der Waals surface area contributed by atoms with Gasteiger partial charge in [0, 0.05) is 48.4 Å². The van der Waals surface area contributed by atoms with Gasteiger partial charge in [0.1, 0.15) is 5.82 Å². The van der Waals surface area contributed by atoms with Crippen LogP contribution < -0.4 is 19.9 Å². The summed E-state index contributed by atoms with van der Waals surface area (Å²) >= 11 is 6.60. The summed E-state index contributed by atoms with van der Waals surface area (Å²) in [6.45, 7) is 3.65. The molecule has 2 unspecified atom stereocenters. The van der Waals surface area contributed by atoms with Crippen LogP contribution in [0.15, 0.2) is 36.4 Å². The number of piperazine rings is 1. The lowest BCUT2D eigenvalue weighted by Crippen LogP contribution is -2.52. The van der Waals surface area contributed by atoms with Crippen LogP contribution in [0.2, 0.25) is 5.02 Å². The predicted octanol–water partition coefficient (Wildman–Crippen LogP) is 3.80. The molecule has 3 aromatic rings. The molecular weight excluding hydrogens is 410 g/mol. The van der Waals surface area contributed by atoms with Crippen molar-refractivity contribution in [3.63, 3.8) is 0 Å². The van der Waals surface area contributed by atoms with E-state index in [1.54, 1.807) is 7.11 Å². The highest BCUT2D eigenvalue weighted by Gasteiger charge is 2.35. The summed E-state index contributed by atoms with van der Waals surface area (Å²) in [5, 5.41) is 6.77. The Balaban J connectivity index is 1.38. The number of methoxy groups -OCH3 is 1. The van der Waals surface area contributed by atoms with Crippen LogP contribution in [0.25, 0.3) is 10.8 Å². The molecule has 2 saturated heterocycles. The van der Waals surface area contributed by atoms with Gasteiger partial charge in [0.2, 0.25) is 0 Å². The number of hydrogen-bond donors (Lipinski definition) is 1. The normalized spacial score (nSPS) is 22.6. The second-order valence-electron chi connectivity index (χ2n) is 8.79. The van der Waals surface area contributed by atoms with Crippen LogP contribution in [0, 0.1) is 0 Å². The standard InChI is InChI=1S/C24H26ClN5O/c1-31-24-27-20-14-29(21-7-3-5-15-4-2-6-19(25)22(15)21)11-10-18(20)23(28-24)30-12-16-8-9-17(13-30)26-16/h2-7,16-17,26H,8-14H2,1H3. The van der Waals surface area contributed by atoms with E-state index >= 15 is 0 Å². The van der Waals surface area contributed by atoms with Crippen molar-refractivity contribution >= 4 is 33.9 Å². The second-order valence-corrected chi connectivity index (χ2v) is 9.20. The van der Waals surface area contributed by atoms with Gasteiger partial charge in [0.05, 0.1) is 24.4 Å². The lowest BCUT2D eigenvalue weighted by Gasteiger charge is -2.37. The van der Waals surface area contributed by atoms with E-state index in [-0.39, 0.29) is 0 Å². The summed E-state index contributed by atoms with van der Waals surface area (Å²) in [7, 11) is 1.65. The van der Waals surface area contributed by atoms with Crippen molar-refractivity contribution in [2.45, 2.75) is 37.9 Å². The van der Waals surface area contributed by atoms with Crippen molar-refractivity contribution in [1.82, 2.24) is 15.3 Å². The third-order valence-corrected chi connectivity index (χ3v) is 7.21. The van der Waals surface area contributed by atoms with Crippen molar-refractivity contribution in [1.29, 1.82) is 0 Å². The highest BCUT2D eigenvalue weighted by molar-refractivity contribution is 6.36. The van der Waals surface area contributed by atoms with Crippen LogP contribution in [-0.4, -0.2) is 48.8 Å². The quantitative estimate of drug-likeness (QED) is 0.675. The SMILES string of the molecule is COc1nc2c(c(N3CC4CCC(C3)N4)n1)CCN(c1cccc3cccc(Cl)c13)C2. The molecular formula is C24H26ClN5O. The van der Waals surface area contributed by atoms with E-state index in [0.717, 1.165) is 65.6 Å². The fourth-order valence-corrected chi connectivity index (χ4v) is 5.74. The first-order valence-corrected chi connectivity index (χ1v) is 11.4. The Morgan fingerprint density at radius 2 is 1.81 bits per heavy atom. The minimum absolute atomic E-state index is 0.456. The fraction of sp³-hybridized carbons (Fsp3) is 0.417. The molecule has 0 spiro atoms. The molecule has 6 nitrogen and oxygen atoms in total. The number of anilines is 2. The molecule has 2 aromatic carbocycles. The molecule has 2 fully saturated rings. The summed E-state index contributed by atoms with van der Waals surface area (Å²) in [5.41, 5.74) is 3.49. The number of rotatable bonds is 3. The zero-order valence-electron chi connectivity index (χ0n) is 17.6. The zero-order chi connectivity index (χ0) is 20.9. The van der Waals surface area contributed by atoms with Gasteiger partial charge in [-0.25, -0.2) is 0 Å². The Morgan fingerprint density at radius 1 is 1.03 bits per heavy atom. The molecule has 1 aromatic heterocycles. The van der Waals surface area contributed by atoms with Crippen LogP contribution >= 0.6 is 11.6 Å². The van der Waals surface area contributed by atoms with Crippen LogP contribution in [0.1, 0.15) is 24.1 Å². The third kappa shape index (κ3) is 3.29. The maximum Gasteiger partial charge on any atom is 0.318 e. The number of aromatic nitrogens is 2. The van der Waals surface area contributed by atoms with Gasteiger partial charge < -0.3 is 19.9 Å². The van der Waals surface area contributed by atoms with Crippen molar-refractivity contribution in [2.75, 3.05) is 36.5 Å². The molecule has 0 aliphatic carbocycles. The highest BCUT2D eigenvalue weighted by Crippen LogP contribution is 2.37. The Morgan fingerprint density at radius 3 is 2.58 bits per heavy atom. The monoisotopic (exact) mass is 435 g/mol. The summed E-state index contributed by atoms with van der Waals surface area (Å²) in [6, 6.07) is 14.0. The van der Waals surface area contributed by atoms with Gasteiger partial charge in [0.25, 0.3) is 0 Å². The molecule has 0 saturated carbocycles. The first-order chi connectivity index (χ1) is 15.2. The van der Waals surface area contributed by atoms with Crippen LogP contribution in [0.4, 0.5) is 11.5 Å². The Bertz CT molecular complexity index is 1140. The van der Waals surface area contributed by atoms with E-state index in [1.165, 1.54) is 18.4 Å². The number of benzene rings is 2. The highest BCUT2D eigenvalue weighted by atomic mass is 35.5. The predicted molar refractivity (Wildman–Crippen MR) is 124 cm³/mol. The summed E-state index contributed by atoms with van der Waals surface area (Å²) in [6.07, 6.45) is 3.41. The molecule has 160 valence electrons. The maximum atomic E-state index is 6.60. The molecule has 4 heterocycles. The van der Waals surface area contributed by atoms with Crippen molar-refractivity contribution < 1.29 is 4.74 Å². The molecule has 0 radical (unpaired) electrons. The largest absolute Gasteiger partial charge is 0.467 e. The van der Waals surface area contributed by atoms with E-state index in [2.05, 4.69) is 39.4 Å². The van der Waals surface area contributed by atoms with E-state index in [4.69, 9.17) is 26.3 Å². The van der Waals surface area contributed by atoms with E-state index < -0.39 is 0 Å². The van der Waals surface area contributed by atoms with Gasteiger partial charge >= 0.3 is 6.01 Å². The molecule has 0 amide bonds. The third-order valence-electron chi connectivity index (χ3n) is 6.89. The van der Waals surface area contributed by atoms with Gasteiger partial charge in [-0.1, -0.05) is 35.9 Å². The fourth-order valence-electron chi connectivity index (χ4n) is 5.46. The minimum Gasteiger partial charge on any atom is -0.467 e. The first kappa shape index (κ1) is 19.1. The number of nitrogens with one attached hydrogen (secondary N) is 1. The minimum atomic E-state index is 0.456. The van der Waals surface area contributed by atoms with Crippen LogP contribution in [0.3, 0.4) is 0 Å². The van der Waals surface area contributed by atoms with Gasteiger partial charge in [-0.05, 0) is 36.8 Å². The zero-order valence-corrected chi connectivity index (χ0v) is 18.4. The number of hydrogen-bond acceptors (Lipinski definition) is 6. The number of fused-ring (bicyclic) bond motifs is 4. The van der Waals surface area contributed by atoms with Crippen molar-refractivity contribution in [3.05, 3.63) is 52.7 Å². The van der Waals surface area contributed by atoms with Gasteiger partial charge in [0.15, 0.2) is 0 Å². The molecule has 1 N–H and O–H groups in total. The molecule has 7 heteroatoms. The van der Waals surface area contributed by atoms with Crippen molar-refractivity contribution in [2.24, 2.45) is 0 Å². The molecule has 2 atom stereocenters. The number of halogens is 1. The topological polar surface area (TPSA) is 53.5 Å². The number of ether oxygens (including phenoxy) is 1. The lowest BCUT2D eigenvalue weighted by atomic mass is 10.0. The summed E-state index contributed by atoms with van der Waals surface area (Å²) in [4.78, 5) is 14.4. The Hall–Kier alpha value is -2.57. The molecule has 3 aliphatic heterocycles. The summed E-state index contributed by atoms with van der Waals surface area (Å²) < 4.78 is 5.51. The first-order valence-electron chi connectivity index (χ1n) is 11.1. The Labute approximate surface area is 187 Å².